The number of ether oxygens (including phenoxy) is 2. The van der Waals surface area contributed by atoms with Crippen LogP contribution in [0.5, 0.6) is 5.75 Å². The van der Waals surface area contributed by atoms with Crippen molar-refractivity contribution >= 4 is 17.5 Å². The lowest BCUT2D eigenvalue weighted by Crippen LogP contribution is -2.38. The Balaban J connectivity index is 2.17. The lowest BCUT2D eigenvalue weighted by Gasteiger charge is -2.24. The molecule has 0 bridgehead atoms. The first-order valence-electron chi connectivity index (χ1n) is 4.92. The highest BCUT2D eigenvalue weighted by molar-refractivity contribution is 6.31. The van der Waals surface area contributed by atoms with Crippen molar-refractivity contribution in [1.29, 1.82) is 0 Å². The summed E-state index contributed by atoms with van der Waals surface area (Å²) in [6.45, 7) is 0.526. The summed E-state index contributed by atoms with van der Waals surface area (Å²) in [6.07, 6.45) is -0.184. The maximum absolute atomic E-state index is 10.9. The average Bonchev–Trinajstić information content (AvgIpc) is 2.30. The number of morpholine rings is 1. The Hall–Kier alpha value is -1.26. The fraction of sp³-hybridized carbons (Fsp3) is 0.364. The second-order valence-electron chi connectivity index (χ2n) is 3.49. The largest absolute Gasteiger partial charge is 0.497 e. The summed E-state index contributed by atoms with van der Waals surface area (Å²) in [6, 6.07) is 5.40. The molecule has 0 aliphatic carbocycles. The van der Waals surface area contributed by atoms with Gasteiger partial charge in [-0.3, -0.25) is 4.79 Å². The second-order valence-corrected chi connectivity index (χ2v) is 3.90. The van der Waals surface area contributed by atoms with E-state index in [1.165, 1.54) is 0 Å². The molecule has 86 valence electrons. The Morgan fingerprint density at radius 3 is 2.94 bits per heavy atom. The van der Waals surface area contributed by atoms with Gasteiger partial charge in [0.15, 0.2) is 0 Å². The maximum atomic E-state index is 10.9. The van der Waals surface area contributed by atoms with Gasteiger partial charge in [0.2, 0.25) is 5.91 Å². The number of rotatable bonds is 2. The lowest BCUT2D eigenvalue weighted by molar-refractivity contribution is -0.133. The number of nitrogens with one attached hydrogen (secondary N) is 1. The van der Waals surface area contributed by atoms with Crippen molar-refractivity contribution in [1.82, 2.24) is 5.32 Å². The predicted octanol–water partition coefficient (Wildman–Crippen LogP) is 1.54. The summed E-state index contributed by atoms with van der Waals surface area (Å²) in [5.41, 5.74) is 0.863. The number of hydrogen-bond donors (Lipinski definition) is 1. The molecule has 1 heterocycles. The second kappa shape index (κ2) is 4.72. The predicted molar refractivity (Wildman–Crippen MR) is 59.7 cm³/mol. The van der Waals surface area contributed by atoms with Gasteiger partial charge in [-0.2, -0.15) is 0 Å². The molecular formula is C11H12ClNO3. The van der Waals surface area contributed by atoms with E-state index in [0.717, 1.165) is 5.56 Å². The standard InChI is InChI=1S/C11H12ClNO3/c1-15-7-2-3-8(9(12)4-7)10-5-13-11(14)6-16-10/h2-4,10H,5-6H2,1H3,(H,13,14)/t10-/m0/s1. The lowest BCUT2D eigenvalue weighted by atomic mass is 10.1. The molecule has 0 aromatic heterocycles. The van der Waals surface area contributed by atoms with Gasteiger partial charge in [0.25, 0.3) is 0 Å². The molecule has 1 aliphatic heterocycles. The van der Waals surface area contributed by atoms with Crippen LogP contribution >= 0.6 is 11.6 Å². The van der Waals surface area contributed by atoms with Crippen LogP contribution in [-0.2, 0) is 9.53 Å². The average molecular weight is 242 g/mol. The summed E-state index contributed by atoms with van der Waals surface area (Å²) >= 11 is 6.11. The summed E-state index contributed by atoms with van der Waals surface area (Å²) in [4.78, 5) is 10.9. The molecule has 1 aliphatic rings. The molecule has 1 N–H and O–H groups in total. The Labute approximate surface area is 98.5 Å². The molecule has 0 saturated carbocycles. The Kier molecular flexibility index (Phi) is 3.31. The minimum atomic E-state index is -0.184. The van der Waals surface area contributed by atoms with Crippen molar-refractivity contribution in [2.45, 2.75) is 6.10 Å². The van der Waals surface area contributed by atoms with Crippen LogP contribution in [-0.4, -0.2) is 26.2 Å². The zero-order valence-corrected chi connectivity index (χ0v) is 9.58. The van der Waals surface area contributed by atoms with Gasteiger partial charge >= 0.3 is 0 Å². The van der Waals surface area contributed by atoms with Gasteiger partial charge < -0.3 is 14.8 Å². The normalized spacial score (nSPS) is 20.4. The molecule has 1 amide bonds. The van der Waals surface area contributed by atoms with Gasteiger partial charge in [-0.1, -0.05) is 17.7 Å². The van der Waals surface area contributed by atoms with E-state index < -0.39 is 0 Å². The smallest absolute Gasteiger partial charge is 0.246 e. The molecule has 16 heavy (non-hydrogen) atoms. The van der Waals surface area contributed by atoms with E-state index in [-0.39, 0.29) is 18.6 Å². The van der Waals surface area contributed by atoms with Gasteiger partial charge in [-0.15, -0.1) is 0 Å². The van der Waals surface area contributed by atoms with Gasteiger partial charge in [0.1, 0.15) is 18.5 Å². The van der Waals surface area contributed by atoms with E-state index >= 15 is 0 Å². The molecule has 0 spiro atoms. The number of carbonyl (C=O) groups is 1. The number of halogens is 1. The first-order valence-corrected chi connectivity index (χ1v) is 5.30. The molecule has 0 unspecified atom stereocenters. The van der Waals surface area contributed by atoms with E-state index in [1.54, 1.807) is 13.2 Å². The molecular weight excluding hydrogens is 230 g/mol. The molecule has 1 saturated heterocycles. The molecule has 1 aromatic carbocycles. The van der Waals surface area contributed by atoms with Crippen LogP contribution in [0.2, 0.25) is 5.02 Å². The van der Waals surface area contributed by atoms with Crippen LogP contribution < -0.4 is 10.1 Å². The van der Waals surface area contributed by atoms with Gasteiger partial charge in [0.05, 0.1) is 12.1 Å². The van der Waals surface area contributed by atoms with E-state index in [0.29, 0.717) is 17.3 Å². The Morgan fingerprint density at radius 1 is 1.56 bits per heavy atom. The third-order valence-corrected chi connectivity index (χ3v) is 2.78. The maximum Gasteiger partial charge on any atom is 0.246 e. The van der Waals surface area contributed by atoms with Crippen LogP contribution in [0.1, 0.15) is 11.7 Å². The molecule has 4 nitrogen and oxygen atoms in total. The van der Waals surface area contributed by atoms with Crippen molar-refractivity contribution in [3.63, 3.8) is 0 Å². The van der Waals surface area contributed by atoms with Crippen LogP contribution in [0, 0.1) is 0 Å². The van der Waals surface area contributed by atoms with Crippen molar-refractivity contribution in [2.75, 3.05) is 20.3 Å². The number of methoxy groups -OCH3 is 1. The van der Waals surface area contributed by atoms with Gasteiger partial charge in [-0.25, -0.2) is 0 Å². The van der Waals surface area contributed by atoms with E-state index in [2.05, 4.69) is 5.32 Å². The molecule has 0 radical (unpaired) electrons. The topological polar surface area (TPSA) is 47.6 Å². The number of carbonyl (C=O) groups excluding carboxylic acids is 1. The van der Waals surface area contributed by atoms with E-state index in [1.807, 2.05) is 12.1 Å². The minimum absolute atomic E-state index is 0.0764. The van der Waals surface area contributed by atoms with Crippen molar-refractivity contribution < 1.29 is 14.3 Å². The first-order chi connectivity index (χ1) is 7.70. The highest BCUT2D eigenvalue weighted by atomic mass is 35.5. The van der Waals surface area contributed by atoms with Crippen LogP contribution in [0.25, 0.3) is 0 Å². The number of hydrogen-bond acceptors (Lipinski definition) is 3. The third-order valence-electron chi connectivity index (χ3n) is 2.45. The monoisotopic (exact) mass is 241 g/mol. The molecule has 1 fully saturated rings. The Bertz CT molecular complexity index is 398. The molecule has 2 rings (SSSR count). The summed E-state index contributed by atoms with van der Waals surface area (Å²) in [7, 11) is 1.59. The minimum Gasteiger partial charge on any atom is -0.497 e. The summed E-state index contributed by atoms with van der Waals surface area (Å²) in [5, 5.41) is 3.32. The van der Waals surface area contributed by atoms with Crippen LogP contribution in [0.3, 0.4) is 0 Å². The van der Waals surface area contributed by atoms with Crippen molar-refractivity contribution in [3.05, 3.63) is 28.8 Å². The fourth-order valence-electron chi connectivity index (χ4n) is 1.59. The SMILES string of the molecule is COc1ccc([C@@H]2CNC(=O)CO2)c(Cl)c1. The van der Waals surface area contributed by atoms with E-state index in [4.69, 9.17) is 21.1 Å². The summed E-state index contributed by atoms with van der Waals surface area (Å²) in [5.74, 6) is 0.606. The quantitative estimate of drug-likeness (QED) is 0.854. The summed E-state index contributed by atoms with van der Waals surface area (Å²) < 4.78 is 10.5. The highest BCUT2D eigenvalue weighted by Crippen LogP contribution is 2.29. The fourth-order valence-corrected chi connectivity index (χ4v) is 1.88. The van der Waals surface area contributed by atoms with Gasteiger partial charge in [-0.05, 0) is 12.1 Å². The molecule has 5 heteroatoms. The highest BCUT2D eigenvalue weighted by Gasteiger charge is 2.22. The zero-order chi connectivity index (χ0) is 11.5. The number of amides is 1. The molecule has 1 aromatic rings. The van der Waals surface area contributed by atoms with Crippen molar-refractivity contribution in [2.24, 2.45) is 0 Å². The van der Waals surface area contributed by atoms with E-state index in [9.17, 15) is 4.79 Å². The van der Waals surface area contributed by atoms with Crippen LogP contribution in [0.15, 0.2) is 18.2 Å². The molecule has 1 atom stereocenters. The van der Waals surface area contributed by atoms with Crippen molar-refractivity contribution in [3.8, 4) is 5.75 Å². The zero-order valence-electron chi connectivity index (χ0n) is 8.83. The third kappa shape index (κ3) is 2.28. The number of benzene rings is 1. The first kappa shape index (κ1) is 11.2. The van der Waals surface area contributed by atoms with Crippen LogP contribution in [0.4, 0.5) is 0 Å². The Morgan fingerprint density at radius 2 is 2.38 bits per heavy atom. The van der Waals surface area contributed by atoms with Gasteiger partial charge in [0, 0.05) is 12.1 Å².